The first-order valence-corrected chi connectivity index (χ1v) is 20.1. The van der Waals surface area contributed by atoms with Crippen LogP contribution in [0, 0.1) is 0 Å². The van der Waals surface area contributed by atoms with Gasteiger partial charge in [0.2, 0.25) is 0 Å². The average molecular weight is 785 g/mol. The lowest BCUT2D eigenvalue weighted by Gasteiger charge is -2.18. The first-order chi connectivity index (χ1) is 28.6. The van der Waals surface area contributed by atoms with E-state index in [1.54, 1.807) is 19.3 Å². The number of thioether (sulfide) groups is 1. The molecular formula is C51H44O6S. The third-order valence-electron chi connectivity index (χ3n) is 9.22. The number of hydrogen-bond donors (Lipinski definition) is 0. The van der Waals surface area contributed by atoms with E-state index >= 15 is 0 Å². The van der Waals surface area contributed by atoms with E-state index in [-0.39, 0.29) is 5.78 Å². The second-order valence-electron chi connectivity index (χ2n) is 13.4. The number of methoxy groups -OCH3 is 1. The molecule has 0 aliphatic heterocycles. The maximum atomic E-state index is 14.6. The number of ether oxygens (including phenoxy) is 5. The number of hydrogen-bond acceptors (Lipinski definition) is 7. The van der Waals surface area contributed by atoms with Gasteiger partial charge >= 0.3 is 0 Å². The van der Waals surface area contributed by atoms with E-state index in [0.29, 0.717) is 65.6 Å². The van der Waals surface area contributed by atoms with Crippen molar-refractivity contribution >= 4 is 23.6 Å². The molecule has 0 saturated heterocycles. The minimum absolute atomic E-state index is 0.221. The van der Waals surface area contributed by atoms with Crippen LogP contribution in [0.5, 0.6) is 28.7 Å². The van der Waals surface area contributed by atoms with Crippen LogP contribution in [0.2, 0.25) is 0 Å². The molecule has 0 N–H and O–H groups in total. The molecule has 0 heterocycles. The largest absolute Gasteiger partial charge is 0.497 e. The third kappa shape index (κ3) is 11.2. The summed E-state index contributed by atoms with van der Waals surface area (Å²) in [6.45, 7) is 1.39. The van der Waals surface area contributed by atoms with Crippen molar-refractivity contribution in [2.24, 2.45) is 0 Å². The molecule has 0 saturated carbocycles. The molecule has 0 aromatic heterocycles. The molecule has 7 aromatic carbocycles. The van der Waals surface area contributed by atoms with Gasteiger partial charge in [0.25, 0.3) is 0 Å². The molecular weight excluding hydrogens is 741 g/mol. The minimum atomic E-state index is -0.221. The van der Waals surface area contributed by atoms with E-state index in [1.807, 2.05) is 176 Å². The van der Waals surface area contributed by atoms with Gasteiger partial charge in [-0.2, -0.15) is 0 Å². The van der Waals surface area contributed by atoms with Crippen LogP contribution >= 0.6 is 11.8 Å². The molecule has 0 aliphatic rings. The Morgan fingerprint density at radius 1 is 0.483 bits per heavy atom. The van der Waals surface area contributed by atoms with Crippen LogP contribution in [0.1, 0.15) is 43.7 Å². The van der Waals surface area contributed by atoms with Gasteiger partial charge in [-0.25, -0.2) is 0 Å². The Labute approximate surface area is 344 Å². The van der Waals surface area contributed by atoms with Gasteiger partial charge in [0, 0.05) is 5.75 Å². The highest BCUT2D eigenvalue weighted by atomic mass is 32.2. The van der Waals surface area contributed by atoms with Gasteiger partial charge < -0.3 is 23.7 Å². The highest BCUT2D eigenvalue weighted by molar-refractivity contribution is 7.98. The van der Waals surface area contributed by atoms with Crippen molar-refractivity contribution in [3.05, 3.63) is 221 Å². The number of ketones is 1. The third-order valence-corrected chi connectivity index (χ3v) is 10.4. The molecule has 290 valence electrons. The van der Waals surface area contributed by atoms with Gasteiger partial charge in [-0.3, -0.25) is 4.79 Å². The molecule has 0 aliphatic carbocycles. The SMILES string of the molecule is COc1ccc(CSc2c(OCc3ccccc3)ccc(OCc3ccccc3)c2C(=O)C=Cc2ccc(OCc3ccccc3)c(OCc3ccccc3)c2)cc1. The average Bonchev–Trinajstić information content (AvgIpc) is 3.29. The van der Waals surface area contributed by atoms with Crippen molar-refractivity contribution in [2.75, 3.05) is 7.11 Å². The van der Waals surface area contributed by atoms with Crippen LogP contribution in [-0.2, 0) is 32.2 Å². The fraction of sp³-hybridized carbons (Fsp3) is 0.118. The van der Waals surface area contributed by atoms with E-state index in [4.69, 9.17) is 23.7 Å². The molecule has 0 fully saturated rings. The predicted octanol–water partition coefficient (Wildman–Crippen LogP) is 12.2. The number of rotatable bonds is 19. The Kier molecular flexibility index (Phi) is 13.9. The quantitative estimate of drug-likeness (QED) is 0.0460. The maximum Gasteiger partial charge on any atom is 0.190 e. The molecule has 7 rings (SSSR count). The second-order valence-corrected chi connectivity index (χ2v) is 14.4. The summed E-state index contributed by atoms with van der Waals surface area (Å²) in [5.41, 5.74) is 6.37. The number of carbonyl (C=O) groups excluding carboxylic acids is 1. The summed E-state index contributed by atoms with van der Waals surface area (Å²) in [5, 5.41) is 0. The van der Waals surface area contributed by atoms with E-state index in [1.165, 1.54) is 11.8 Å². The summed E-state index contributed by atoms with van der Waals surface area (Å²) in [7, 11) is 1.65. The maximum absolute atomic E-state index is 14.6. The lowest BCUT2D eigenvalue weighted by molar-refractivity contribution is 0.103. The fourth-order valence-corrected chi connectivity index (χ4v) is 7.21. The Bertz CT molecular complexity index is 2380. The molecule has 6 nitrogen and oxygen atoms in total. The Morgan fingerprint density at radius 3 is 1.45 bits per heavy atom. The summed E-state index contributed by atoms with van der Waals surface area (Å²) in [5.74, 6) is 3.41. The molecule has 58 heavy (non-hydrogen) atoms. The Morgan fingerprint density at radius 2 is 0.931 bits per heavy atom. The van der Waals surface area contributed by atoms with Gasteiger partial charge in [0.05, 0.1) is 17.6 Å². The van der Waals surface area contributed by atoms with Crippen LogP contribution in [0.3, 0.4) is 0 Å². The van der Waals surface area contributed by atoms with Crippen molar-refractivity contribution < 1.29 is 28.5 Å². The second kappa shape index (κ2) is 20.5. The van der Waals surface area contributed by atoms with E-state index in [2.05, 4.69) is 0 Å². The van der Waals surface area contributed by atoms with E-state index in [9.17, 15) is 4.79 Å². The molecule has 0 radical (unpaired) electrons. The van der Waals surface area contributed by atoms with Crippen molar-refractivity contribution in [3.8, 4) is 28.7 Å². The summed E-state index contributed by atoms with van der Waals surface area (Å²) < 4.78 is 30.9. The highest BCUT2D eigenvalue weighted by Crippen LogP contribution is 2.41. The van der Waals surface area contributed by atoms with Gasteiger partial charge in [-0.05, 0) is 75.9 Å². The van der Waals surface area contributed by atoms with Crippen LogP contribution in [0.15, 0.2) is 187 Å². The zero-order chi connectivity index (χ0) is 39.8. The first-order valence-electron chi connectivity index (χ1n) is 19.1. The summed E-state index contributed by atoms with van der Waals surface area (Å²) in [6, 6.07) is 57.3. The summed E-state index contributed by atoms with van der Waals surface area (Å²) in [6.07, 6.45) is 3.39. The zero-order valence-electron chi connectivity index (χ0n) is 32.3. The molecule has 0 atom stereocenters. The minimum Gasteiger partial charge on any atom is -0.497 e. The van der Waals surface area contributed by atoms with Crippen LogP contribution in [0.25, 0.3) is 6.08 Å². The zero-order valence-corrected chi connectivity index (χ0v) is 33.1. The smallest absolute Gasteiger partial charge is 0.190 e. The van der Waals surface area contributed by atoms with E-state index < -0.39 is 0 Å². The van der Waals surface area contributed by atoms with E-state index in [0.717, 1.165) is 39.1 Å². The standard InChI is InChI=1S/C51H44O6S/c1-53-44-26-22-43(23-27-44)37-58-51-48(56-35-41-18-10-4-11-19-41)31-30-47(55-34-40-16-8-3-9-17-40)50(51)45(52)28-24-38-25-29-46(54-33-39-14-6-2-7-15-39)49(32-38)57-36-42-20-12-5-13-21-42/h2-32H,33-37H2,1H3. The first kappa shape index (κ1) is 39.5. The van der Waals surface area contributed by atoms with Crippen molar-refractivity contribution in [2.45, 2.75) is 37.1 Å². The highest BCUT2D eigenvalue weighted by Gasteiger charge is 2.22. The van der Waals surface area contributed by atoms with Crippen LogP contribution < -0.4 is 23.7 Å². The molecule has 0 unspecified atom stereocenters. The van der Waals surface area contributed by atoms with Gasteiger partial charge in [0.15, 0.2) is 17.3 Å². The topological polar surface area (TPSA) is 63.2 Å². The van der Waals surface area contributed by atoms with Crippen molar-refractivity contribution in [3.63, 3.8) is 0 Å². The molecule has 0 amide bonds. The van der Waals surface area contributed by atoms with Crippen molar-refractivity contribution in [1.82, 2.24) is 0 Å². The lowest BCUT2D eigenvalue weighted by atomic mass is 10.1. The number of carbonyl (C=O) groups is 1. The number of allylic oxidation sites excluding steroid dienone is 1. The van der Waals surface area contributed by atoms with Crippen LogP contribution in [0.4, 0.5) is 0 Å². The van der Waals surface area contributed by atoms with Gasteiger partial charge in [0.1, 0.15) is 43.7 Å². The van der Waals surface area contributed by atoms with Gasteiger partial charge in [-0.15, -0.1) is 11.8 Å². The summed E-state index contributed by atoms with van der Waals surface area (Å²) >= 11 is 1.54. The number of benzene rings is 7. The molecule has 0 bridgehead atoms. The lowest BCUT2D eigenvalue weighted by Crippen LogP contribution is -2.07. The predicted molar refractivity (Wildman–Crippen MR) is 232 cm³/mol. The fourth-order valence-electron chi connectivity index (χ4n) is 6.09. The molecule has 7 aromatic rings. The van der Waals surface area contributed by atoms with Gasteiger partial charge in [-0.1, -0.05) is 146 Å². The Hall–Kier alpha value is -6.70. The summed E-state index contributed by atoms with van der Waals surface area (Å²) in [4.78, 5) is 15.3. The normalized spacial score (nSPS) is 10.9. The van der Waals surface area contributed by atoms with Crippen molar-refractivity contribution in [1.29, 1.82) is 0 Å². The molecule has 0 spiro atoms. The molecule has 7 heteroatoms. The van der Waals surface area contributed by atoms with Crippen LogP contribution in [-0.4, -0.2) is 12.9 Å². The monoisotopic (exact) mass is 784 g/mol. The Balaban J connectivity index is 1.21.